The number of aliphatic carboxylic acids is 1. The van der Waals surface area contributed by atoms with Crippen LogP contribution < -0.4 is 15.7 Å². The molecular weight excluding hydrogens is 446 g/mol. The van der Waals surface area contributed by atoms with Crippen LogP contribution in [0.5, 0.6) is 0 Å². The summed E-state index contributed by atoms with van der Waals surface area (Å²) in [6, 6.07) is 27.8. The Bertz CT molecular complexity index is 1030. The number of ether oxygens (including phenoxy) is 1. The molecule has 0 saturated heterocycles. The van der Waals surface area contributed by atoms with Crippen LogP contribution in [0.4, 0.5) is 4.79 Å². The number of carbonyl (C=O) groups excluding carboxylic acids is 1. The Morgan fingerprint density at radius 1 is 0.853 bits per heavy atom. The molecule has 178 valence electrons. The van der Waals surface area contributed by atoms with Crippen LogP contribution in [0.25, 0.3) is 0 Å². The Labute approximate surface area is 201 Å². The van der Waals surface area contributed by atoms with Crippen LogP contribution in [-0.2, 0) is 20.6 Å². The van der Waals surface area contributed by atoms with Crippen LogP contribution in [0.1, 0.15) is 26.3 Å². The van der Waals surface area contributed by atoms with Gasteiger partial charge in [-0.05, 0) is 21.0 Å². The number of benzene rings is 3. The van der Waals surface area contributed by atoms with E-state index in [0.717, 1.165) is 15.9 Å². The quantitative estimate of drug-likeness (QED) is 0.456. The molecule has 34 heavy (non-hydrogen) atoms. The normalized spacial score (nSPS) is 12.6. The lowest BCUT2D eigenvalue weighted by atomic mass is 10.2. The molecule has 0 aliphatic carbocycles. The van der Waals surface area contributed by atoms with Gasteiger partial charge in [-0.15, -0.1) is 0 Å². The van der Waals surface area contributed by atoms with E-state index in [0.29, 0.717) is 0 Å². The highest BCUT2D eigenvalue weighted by Gasteiger charge is 2.50. The van der Waals surface area contributed by atoms with Crippen molar-refractivity contribution in [3.8, 4) is 0 Å². The first-order valence-corrected chi connectivity index (χ1v) is 13.1. The molecule has 0 radical (unpaired) electrons. The van der Waals surface area contributed by atoms with Crippen LogP contribution in [0, 0.1) is 0 Å². The van der Waals surface area contributed by atoms with Crippen molar-refractivity contribution in [1.29, 1.82) is 0 Å². The second-order valence-electron chi connectivity index (χ2n) is 9.07. The van der Waals surface area contributed by atoms with E-state index in [-0.39, 0.29) is 18.3 Å². The zero-order valence-corrected chi connectivity index (χ0v) is 20.7. The van der Waals surface area contributed by atoms with E-state index in [1.807, 2.05) is 91.0 Å². The number of carboxylic acid groups (broad SMARTS) is 1. The van der Waals surface area contributed by atoms with Gasteiger partial charge in [0.1, 0.15) is 6.61 Å². The van der Waals surface area contributed by atoms with Crippen LogP contribution in [0.15, 0.2) is 91.0 Å². The first-order valence-electron chi connectivity index (χ1n) is 11.2. The van der Waals surface area contributed by atoms with E-state index in [2.05, 4.69) is 26.1 Å². The largest absolute Gasteiger partial charge is 0.480 e. The van der Waals surface area contributed by atoms with E-state index >= 15 is 0 Å². The standard InChI is InChI=1S/C27H31NO5Si/c1-27(2,3)34(22-15-9-5-10-16-22,23-17-11-6-12-18-23)33-20-24(25(29)30)28-26(31)32-19-21-13-7-4-8-14-21/h4-18,24H,19-20H2,1-3H3,(H,28,31)(H,29,30)/t24-/m1/s1. The van der Waals surface area contributed by atoms with Gasteiger partial charge in [0, 0.05) is 0 Å². The van der Waals surface area contributed by atoms with Gasteiger partial charge in [0.2, 0.25) is 0 Å². The van der Waals surface area contributed by atoms with E-state index in [9.17, 15) is 14.7 Å². The summed E-state index contributed by atoms with van der Waals surface area (Å²) in [5.74, 6) is -1.19. The fourth-order valence-corrected chi connectivity index (χ4v) is 8.62. The van der Waals surface area contributed by atoms with Gasteiger partial charge in [-0.2, -0.15) is 0 Å². The lowest BCUT2D eigenvalue weighted by Gasteiger charge is -2.43. The summed E-state index contributed by atoms with van der Waals surface area (Å²) in [5, 5.41) is 14.0. The number of hydrogen-bond donors (Lipinski definition) is 2. The Kier molecular flexibility index (Phi) is 8.25. The molecule has 0 heterocycles. The molecule has 3 rings (SSSR count). The summed E-state index contributed by atoms with van der Waals surface area (Å²) in [6.45, 7) is 6.18. The lowest BCUT2D eigenvalue weighted by Crippen LogP contribution is -2.67. The SMILES string of the molecule is CC(C)(C)[Si](OC[C@@H](NC(=O)OCc1ccccc1)C(=O)O)(c1ccccc1)c1ccccc1. The molecule has 0 aliphatic heterocycles. The van der Waals surface area contributed by atoms with Crippen molar-refractivity contribution < 1.29 is 23.9 Å². The second kappa shape index (κ2) is 11.1. The summed E-state index contributed by atoms with van der Waals surface area (Å²) in [4.78, 5) is 24.4. The molecule has 3 aromatic rings. The lowest BCUT2D eigenvalue weighted by molar-refractivity contribution is -0.140. The van der Waals surface area contributed by atoms with Gasteiger partial charge < -0.3 is 19.6 Å². The number of amides is 1. The van der Waals surface area contributed by atoms with Gasteiger partial charge in [0.15, 0.2) is 6.04 Å². The molecule has 3 aromatic carbocycles. The Balaban J connectivity index is 1.83. The van der Waals surface area contributed by atoms with Crippen molar-refractivity contribution in [2.45, 2.75) is 38.5 Å². The van der Waals surface area contributed by atoms with Crippen LogP contribution in [0.2, 0.25) is 5.04 Å². The van der Waals surface area contributed by atoms with Crippen molar-refractivity contribution in [2.24, 2.45) is 0 Å². The van der Waals surface area contributed by atoms with Gasteiger partial charge in [-0.3, -0.25) is 0 Å². The highest BCUT2D eigenvalue weighted by molar-refractivity contribution is 6.99. The number of carbonyl (C=O) groups is 2. The maximum atomic E-state index is 12.4. The van der Waals surface area contributed by atoms with E-state index in [4.69, 9.17) is 9.16 Å². The fraction of sp³-hybridized carbons (Fsp3) is 0.259. The molecule has 2 N–H and O–H groups in total. The number of hydrogen-bond acceptors (Lipinski definition) is 4. The number of carboxylic acids is 1. The second-order valence-corrected chi connectivity index (χ2v) is 13.4. The molecule has 0 saturated carbocycles. The summed E-state index contributed by atoms with van der Waals surface area (Å²) < 4.78 is 11.9. The Morgan fingerprint density at radius 3 is 1.76 bits per heavy atom. The molecular formula is C27H31NO5Si. The molecule has 1 amide bonds. The van der Waals surface area contributed by atoms with Crippen molar-refractivity contribution >= 4 is 30.8 Å². The van der Waals surface area contributed by atoms with Crippen LogP contribution in [0.3, 0.4) is 0 Å². The summed E-state index contributed by atoms with van der Waals surface area (Å²) >= 11 is 0. The molecule has 0 spiro atoms. The predicted molar refractivity (Wildman–Crippen MR) is 135 cm³/mol. The van der Waals surface area contributed by atoms with Crippen LogP contribution >= 0.6 is 0 Å². The maximum Gasteiger partial charge on any atom is 0.408 e. The van der Waals surface area contributed by atoms with E-state index in [1.165, 1.54) is 0 Å². The van der Waals surface area contributed by atoms with Crippen molar-refractivity contribution in [3.05, 3.63) is 96.6 Å². The number of alkyl carbamates (subject to hydrolysis) is 1. The zero-order chi connectivity index (χ0) is 24.6. The van der Waals surface area contributed by atoms with Crippen molar-refractivity contribution in [3.63, 3.8) is 0 Å². The fourth-order valence-electron chi connectivity index (χ4n) is 4.05. The summed E-state index contributed by atoms with van der Waals surface area (Å²) in [6.07, 6.45) is -0.803. The van der Waals surface area contributed by atoms with Gasteiger partial charge >= 0.3 is 12.1 Å². The van der Waals surface area contributed by atoms with Crippen molar-refractivity contribution in [2.75, 3.05) is 6.61 Å². The molecule has 1 atom stereocenters. The number of nitrogens with one attached hydrogen (secondary N) is 1. The number of rotatable bonds is 9. The average molecular weight is 478 g/mol. The van der Waals surface area contributed by atoms with Gasteiger partial charge in [0.05, 0.1) is 6.61 Å². The van der Waals surface area contributed by atoms with Crippen LogP contribution in [-0.4, -0.2) is 38.1 Å². The van der Waals surface area contributed by atoms with Gasteiger partial charge in [-0.25, -0.2) is 9.59 Å². The molecule has 6 nitrogen and oxygen atoms in total. The van der Waals surface area contributed by atoms with E-state index < -0.39 is 26.4 Å². The zero-order valence-electron chi connectivity index (χ0n) is 19.7. The first kappa shape index (κ1) is 25.2. The predicted octanol–water partition coefficient (Wildman–Crippen LogP) is 3.94. The maximum absolute atomic E-state index is 12.4. The molecule has 0 aromatic heterocycles. The first-order chi connectivity index (χ1) is 16.2. The molecule has 0 unspecified atom stereocenters. The minimum atomic E-state index is -2.94. The molecule has 0 fully saturated rings. The third-order valence-electron chi connectivity index (χ3n) is 5.69. The minimum Gasteiger partial charge on any atom is -0.480 e. The summed E-state index contributed by atoms with van der Waals surface area (Å²) in [7, 11) is -2.94. The van der Waals surface area contributed by atoms with Crippen molar-refractivity contribution in [1.82, 2.24) is 5.32 Å². The Morgan fingerprint density at radius 2 is 1.32 bits per heavy atom. The third-order valence-corrected chi connectivity index (χ3v) is 10.7. The highest BCUT2D eigenvalue weighted by atomic mass is 28.4. The Hall–Kier alpha value is -3.42. The molecule has 7 heteroatoms. The average Bonchev–Trinajstić information content (AvgIpc) is 2.83. The summed E-state index contributed by atoms with van der Waals surface area (Å²) in [5.41, 5.74) is 0.813. The molecule has 0 aliphatic rings. The third kappa shape index (κ3) is 5.92. The monoisotopic (exact) mass is 477 g/mol. The van der Waals surface area contributed by atoms with Gasteiger partial charge in [0.25, 0.3) is 8.32 Å². The molecule has 0 bridgehead atoms. The topological polar surface area (TPSA) is 84.9 Å². The minimum absolute atomic E-state index is 0.0502. The van der Waals surface area contributed by atoms with Gasteiger partial charge in [-0.1, -0.05) is 112 Å². The smallest absolute Gasteiger partial charge is 0.408 e. The highest BCUT2D eigenvalue weighted by Crippen LogP contribution is 2.36. The van der Waals surface area contributed by atoms with E-state index in [1.54, 1.807) is 0 Å².